The molecular weight excluding hydrogens is 382 g/mol. The molecule has 8 nitrogen and oxygen atoms in total. The minimum absolute atomic E-state index is 0.0783. The molecule has 1 aliphatic heterocycles. The number of nitrogens with one attached hydrogen (secondary N) is 1. The number of hydrogen-bond acceptors (Lipinski definition) is 6. The summed E-state index contributed by atoms with van der Waals surface area (Å²) < 4.78 is 10.6. The number of hydrogen-bond donors (Lipinski definition) is 1. The SMILES string of the molecule is CCOC(=O)c1[nH]nc2c1C(=O)N(c1ccc(OC)c(Br)c1)C2=O. The molecule has 2 heterocycles. The van der Waals surface area contributed by atoms with Gasteiger partial charge in [0.05, 0.1) is 23.9 Å². The lowest BCUT2D eigenvalue weighted by molar-refractivity contribution is 0.0516. The average molecular weight is 394 g/mol. The largest absolute Gasteiger partial charge is 0.496 e. The number of ether oxygens (including phenoxy) is 2. The van der Waals surface area contributed by atoms with Crippen LogP contribution in [0.2, 0.25) is 0 Å². The van der Waals surface area contributed by atoms with E-state index < -0.39 is 17.8 Å². The molecule has 0 aliphatic carbocycles. The Kier molecular flexibility index (Phi) is 4.10. The number of H-pyrrole nitrogens is 1. The molecule has 1 N–H and O–H groups in total. The Balaban J connectivity index is 2.02. The fourth-order valence-corrected chi connectivity index (χ4v) is 2.92. The van der Waals surface area contributed by atoms with Crippen LogP contribution in [0.15, 0.2) is 22.7 Å². The van der Waals surface area contributed by atoms with Gasteiger partial charge >= 0.3 is 5.97 Å². The van der Waals surface area contributed by atoms with Gasteiger partial charge in [-0.2, -0.15) is 5.10 Å². The number of esters is 1. The Bertz CT molecular complexity index is 861. The van der Waals surface area contributed by atoms with Gasteiger partial charge < -0.3 is 9.47 Å². The van der Waals surface area contributed by atoms with Crippen LogP contribution in [0.25, 0.3) is 0 Å². The lowest BCUT2D eigenvalue weighted by Gasteiger charge is -2.15. The first-order valence-corrected chi connectivity index (χ1v) is 7.76. The van der Waals surface area contributed by atoms with Crippen LogP contribution in [-0.4, -0.2) is 41.7 Å². The van der Waals surface area contributed by atoms with Gasteiger partial charge in [0.2, 0.25) is 0 Å². The average Bonchev–Trinajstić information content (AvgIpc) is 3.09. The molecule has 1 aromatic carbocycles. The van der Waals surface area contributed by atoms with Gasteiger partial charge in [-0.05, 0) is 41.1 Å². The molecule has 3 rings (SSSR count). The molecule has 0 fully saturated rings. The van der Waals surface area contributed by atoms with Gasteiger partial charge in [0.25, 0.3) is 11.8 Å². The Labute approximate surface area is 144 Å². The van der Waals surface area contributed by atoms with Crippen molar-refractivity contribution in [1.29, 1.82) is 0 Å². The van der Waals surface area contributed by atoms with E-state index in [9.17, 15) is 14.4 Å². The lowest BCUT2D eigenvalue weighted by Crippen LogP contribution is -2.30. The smallest absolute Gasteiger partial charge is 0.357 e. The lowest BCUT2D eigenvalue weighted by atomic mass is 10.2. The number of halogens is 1. The fourth-order valence-electron chi connectivity index (χ4n) is 2.39. The minimum atomic E-state index is -0.731. The number of amides is 2. The number of fused-ring (bicyclic) bond motifs is 1. The van der Waals surface area contributed by atoms with E-state index in [1.807, 2.05) is 0 Å². The molecule has 1 aliphatic rings. The number of carbonyl (C=O) groups excluding carboxylic acids is 3. The zero-order valence-corrected chi connectivity index (χ0v) is 14.3. The Morgan fingerprint density at radius 3 is 2.71 bits per heavy atom. The number of aromatic amines is 1. The number of rotatable bonds is 4. The number of anilines is 1. The first kappa shape index (κ1) is 16.2. The summed E-state index contributed by atoms with van der Waals surface area (Å²) in [6.45, 7) is 1.78. The van der Waals surface area contributed by atoms with Gasteiger partial charge in [-0.25, -0.2) is 9.69 Å². The second-order valence-electron chi connectivity index (χ2n) is 4.81. The van der Waals surface area contributed by atoms with Crippen LogP contribution < -0.4 is 9.64 Å². The molecule has 2 amide bonds. The third-order valence-corrected chi connectivity index (χ3v) is 4.08. The molecule has 0 bridgehead atoms. The van der Waals surface area contributed by atoms with E-state index in [0.717, 1.165) is 4.90 Å². The van der Waals surface area contributed by atoms with Crippen molar-refractivity contribution in [2.45, 2.75) is 6.92 Å². The van der Waals surface area contributed by atoms with Gasteiger partial charge in [-0.15, -0.1) is 0 Å². The van der Waals surface area contributed by atoms with E-state index in [2.05, 4.69) is 26.1 Å². The number of aromatic nitrogens is 2. The standard InChI is InChI=1S/C15H12BrN3O5/c1-3-24-15(22)12-10-11(17-18-12)14(21)19(13(10)20)7-4-5-9(23-2)8(16)6-7/h4-6H,3H2,1-2H3,(H,17,18). The molecule has 2 aromatic rings. The Morgan fingerprint density at radius 1 is 1.33 bits per heavy atom. The topological polar surface area (TPSA) is 102 Å². The van der Waals surface area contributed by atoms with Crippen LogP contribution in [0.1, 0.15) is 38.3 Å². The summed E-state index contributed by atoms with van der Waals surface area (Å²) in [6.07, 6.45) is 0. The molecule has 24 heavy (non-hydrogen) atoms. The third kappa shape index (κ3) is 2.37. The number of nitrogens with zero attached hydrogens (tertiary/aromatic N) is 2. The molecular formula is C15H12BrN3O5. The summed E-state index contributed by atoms with van der Waals surface area (Å²) in [5, 5.41) is 6.19. The Hall–Kier alpha value is -2.68. The van der Waals surface area contributed by atoms with Crippen molar-refractivity contribution >= 4 is 39.4 Å². The van der Waals surface area contributed by atoms with Crippen molar-refractivity contribution in [1.82, 2.24) is 10.2 Å². The van der Waals surface area contributed by atoms with Gasteiger partial charge in [-0.1, -0.05) is 0 Å². The number of carbonyl (C=O) groups is 3. The zero-order chi connectivity index (χ0) is 17.4. The number of imide groups is 1. The quantitative estimate of drug-likeness (QED) is 0.630. The second-order valence-corrected chi connectivity index (χ2v) is 5.66. The van der Waals surface area contributed by atoms with Gasteiger partial charge in [0.15, 0.2) is 11.4 Å². The summed E-state index contributed by atoms with van der Waals surface area (Å²) in [5.41, 5.74) is 0.0335. The molecule has 0 unspecified atom stereocenters. The molecule has 0 atom stereocenters. The highest BCUT2D eigenvalue weighted by molar-refractivity contribution is 9.10. The van der Waals surface area contributed by atoms with Crippen molar-refractivity contribution in [3.8, 4) is 5.75 Å². The predicted octanol–water partition coefficient (Wildman–Crippen LogP) is 2.16. The maximum Gasteiger partial charge on any atom is 0.357 e. The summed E-state index contributed by atoms with van der Waals surface area (Å²) in [4.78, 5) is 38.0. The highest BCUT2D eigenvalue weighted by Crippen LogP contribution is 2.34. The van der Waals surface area contributed by atoms with E-state index in [-0.39, 0.29) is 23.6 Å². The summed E-state index contributed by atoms with van der Waals surface area (Å²) in [6, 6.07) is 4.77. The Morgan fingerprint density at radius 2 is 2.08 bits per heavy atom. The normalized spacial score (nSPS) is 13.2. The van der Waals surface area contributed by atoms with E-state index in [1.54, 1.807) is 25.1 Å². The van der Waals surface area contributed by atoms with Gasteiger partial charge in [0, 0.05) is 0 Å². The number of methoxy groups -OCH3 is 1. The van der Waals surface area contributed by atoms with E-state index >= 15 is 0 Å². The van der Waals surface area contributed by atoms with E-state index in [0.29, 0.717) is 15.9 Å². The van der Waals surface area contributed by atoms with Crippen LogP contribution in [0.4, 0.5) is 5.69 Å². The summed E-state index contributed by atoms with van der Waals surface area (Å²) in [7, 11) is 1.51. The molecule has 0 spiro atoms. The third-order valence-electron chi connectivity index (χ3n) is 3.46. The van der Waals surface area contributed by atoms with Crippen molar-refractivity contribution < 1.29 is 23.9 Å². The van der Waals surface area contributed by atoms with Crippen LogP contribution in [0.3, 0.4) is 0 Å². The van der Waals surface area contributed by atoms with Crippen LogP contribution in [0, 0.1) is 0 Å². The van der Waals surface area contributed by atoms with Crippen LogP contribution in [0.5, 0.6) is 5.75 Å². The monoisotopic (exact) mass is 393 g/mol. The van der Waals surface area contributed by atoms with Crippen molar-refractivity contribution in [3.05, 3.63) is 39.6 Å². The number of benzene rings is 1. The van der Waals surface area contributed by atoms with E-state index in [4.69, 9.17) is 9.47 Å². The highest BCUT2D eigenvalue weighted by Gasteiger charge is 2.43. The first-order valence-electron chi connectivity index (χ1n) is 6.97. The molecule has 124 valence electrons. The van der Waals surface area contributed by atoms with Crippen molar-refractivity contribution in [2.75, 3.05) is 18.6 Å². The molecule has 0 radical (unpaired) electrons. The maximum atomic E-state index is 12.7. The van der Waals surface area contributed by atoms with Gasteiger partial charge in [0.1, 0.15) is 11.3 Å². The predicted molar refractivity (Wildman–Crippen MR) is 86.4 cm³/mol. The van der Waals surface area contributed by atoms with Crippen LogP contribution >= 0.6 is 15.9 Å². The maximum absolute atomic E-state index is 12.7. The highest BCUT2D eigenvalue weighted by atomic mass is 79.9. The van der Waals surface area contributed by atoms with E-state index in [1.165, 1.54) is 7.11 Å². The summed E-state index contributed by atoms with van der Waals surface area (Å²) in [5.74, 6) is -1.42. The second kappa shape index (κ2) is 6.08. The minimum Gasteiger partial charge on any atom is -0.496 e. The van der Waals surface area contributed by atoms with Crippen LogP contribution in [-0.2, 0) is 4.74 Å². The molecule has 0 saturated carbocycles. The molecule has 9 heteroatoms. The van der Waals surface area contributed by atoms with Gasteiger partial charge in [-0.3, -0.25) is 14.7 Å². The fraction of sp³-hybridized carbons (Fsp3) is 0.200. The first-order chi connectivity index (χ1) is 11.5. The molecule has 1 aromatic heterocycles. The van der Waals surface area contributed by atoms with Crippen molar-refractivity contribution in [2.24, 2.45) is 0 Å². The zero-order valence-electron chi connectivity index (χ0n) is 12.8. The summed E-state index contributed by atoms with van der Waals surface area (Å²) >= 11 is 3.31. The molecule has 0 saturated heterocycles. The van der Waals surface area contributed by atoms with Crippen molar-refractivity contribution in [3.63, 3.8) is 0 Å².